The molecule has 0 spiro atoms. The molecule has 7 nitrogen and oxygen atoms in total. The summed E-state index contributed by atoms with van der Waals surface area (Å²) >= 11 is 0.912. The van der Waals surface area contributed by atoms with Gasteiger partial charge in [-0.25, -0.2) is 9.78 Å². The number of thiazole rings is 1. The molecule has 1 aromatic heterocycles. The van der Waals surface area contributed by atoms with Crippen molar-refractivity contribution in [1.82, 2.24) is 4.98 Å². The number of hydrogen-bond acceptors (Lipinski definition) is 6. The van der Waals surface area contributed by atoms with E-state index >= 15 is 0 Å². The largest absolute Gasteiger partial charge is 0.480 e. The van der Waals surface area contributed by atoms with Gasteiger partial charge in [0.1, 0.15) is 12.2 Å². The minimum Gasteiger partial charge on any atom is -0.480 e. The topological polar surface area (TPSA) is 96.6 Å². The Hall–Kier alpha value is -1.70. The number of aromatic nitrogens is 1. The summed E-state index contributed by atoms with van der Waals surface area (Å²) in [5.74, 6) is -0.907. The lowest BCUT2D eigenvalue weighted by Gasteiger charge is -2.19. The van der Waals surface area contributed by atoms with Crippen molar-refractivity contribution in [1.29, 1.82) is 0 Å². The Morgan fingerprint density at radius 3 is 3.06 bits per heavy atom. The number of nitrogens with zero attached hydrogens (tertiary/aromatic N) is 3. The number of rotatable bonds is 3. The van der Waals surface area contributed by atoms with Crippen molar-refractivity contribution in [3.63, 3.8) is 0 Å². The SMILES string of the molecule is O=C(O)[C@@H]1CCCN1c1ncc([N+](=O)[O-])s1. The Balaban J connectivity index is 2.22. The van der Waals surface area contributed by atoms with Crippen LogP contribution >= 0.6 is 11.3 Å². The van der Waals surface area contributed by atoms with E-state index in [0.717, 1.165) is 24.0 Å². The van der Waals surface area contributed by atoms with Gasteiger partial charge >= 0.3 is 11.0 Å². The second-order valence-electron chi connectivity index (χ2n) is 3.43. The molecule has 0 aliphatic carbocycles. The monoisotopic (exact) mass is 243 g/mol. The van der Waals surface area contributed by atoms with Crippen molar-refractivity contribution in [3.05, 3.63) is 16.3 Å². The minimum atomic E-state index is -0.907. The third-order valence-corrected chi connectivity index (χ3v) is 3.43. The summed E-state index contributed by atoms with van der Waals surface area (Å²) in [6, 6.07) is -0.606. The number of carboxylic acid groups (broad SMARTS) is 1. The number of aliphatic carboxylic acids is 1. The van der Waals surface area contributed by atoms with Gasteiger partial charge in [-0.05, 0) is 24.2 Å². The fourth-order valence-corrected chi connectivity index (χ4v) is 2.53. The van der Waals surface area contributed by atoms with Crippen LogP contribution in [0.25, 0.3) is 0 Å². The van der Waals surface area contributed by atoms with Crippen LogP contribution in [0.4, 0.5) is 10.1 Å². The zero-order valence-electron chi connectivity index (χ0n) is 8.20. The molecule has 0 unspecified atom stereocenters. The van der Waals surface area contributed by atoms with Crippen molar-refractivity contribution >= 4 is 27.4 Å². The number of carbonyl (C=O) groups is 1. The van der Waals surface area contributed by atoms with E-state index in [2.05, 4.69) is 4.98 Å². The van der Waals surface area contributed by atoms with Gasteiger partial charge in [0, 0.05) is 6.54 Å². The van der Waals surface area contributed by atoms with Crippen LogP contribution in [0.3, 0.4) is 0 Å². The standard InChI is InChI=1S/C8H9N3O4S/c12-7(13)5-2-1-3-10(5)8-9-4-6(16-8)11(14)15/h4-5H,1-3H2,(H,12,13)/t5-/m0/s1. The molecule has 2 rings (SSSR count). The predicted octanol–water partition coefficient (Wildman–Crippen LogP) is 1.10. The zero-order chi connectivity index (χ0) is 11.7. The Kier molecular flexibility index (Phi) is 2.73. The molecule has 0 saturated carbocycles. The highest BCUT2D eigenvalue weighted by Crippen LogP contribution is 2.32. The van der Waals surface area contributed by atoms with E-state index in [1.807, 2.05) is 0 Å². The van der Waals surface area contributed by atoms with Crippen LogP contribution in [-0.4, -0.2) is 33.6 Å². The molecule has 0 bridgehead atoms. The van der Waals surface area contributed by atoms with Crippen LogP contribution in [0.2, 0.25) is 0 Å². The first-order valence-corrected chi connectivity index (χ1v) is 5.51. The maximum Gasteiger partial charge on any atom is 0.345 e. The average molecular weight is 243 g/mol. The normalized spacial score (nSPS) is 20.0. The summed E-state index contributed by atoms with van der Waals surface area (Å²) in [5.41, 5.74) is 0. The highest BCUT2D eigenvalue weighted by Gasteiger charge is 2.33. The summed E-state index contributed by atoms with van der Waals surface area (Å²) in [6.07, 6.45) is 2.49. The highest BCUT2D eigenvalue weighted by atomic mass is 32.1. The van der Waals surface area contributed by atoms with Gasteiger partial charge in [-0.3, -0.25) is 10.1 Å². The van der Waals surface area contributed by atoms with Crippen molar-refractivity contribution < 1.29 is 14.8 Å². The maximum absolute atomic E-state index is 10.9. The van der Waals surface area contributed by atoms with E-state index in [9.17, 15) is 14.9 Å². The molecule has 0 aromatic carbocycles. The van der Waals surface area contributed by atoms with Crippen molar-refractivity contribution in [3.8, 4) is 0 Å². The zero-order valence-corrected chi connectivity index (χ0v) is 9.01. The lowest BCUT2D eigenvalue weighted by Crippen LogP contribution is -2.35. The summed E-state index contributed by atoms with van der Waals surface area (Å²) in [6.45, 7) is 0.585. The second-order valence-corrected chi connectivity index (χ2v) is 4.42. The van der Waals surface area contributed by atoms with Gasteiger partial charge in [-0.2, -0.15) is 0 Å². The van der Waals surface area contributed by atoms with Crippen LogP contribution in [0.15, 0.2) is 6.20 Å². The molecule has 0 radical (unpaired) electrons. The maximum atomic E-state index is 10.9. The Morgan fingerprint density at radius 1 is 1.75 bits per heavy atom. The van der Waals surface area contributed by atoms with E-state index in [0.29, 0.717) is 18.1 Å². The Labute approximate surface area is 94.5 Å². The molecule has 1 aliphatic heterocycles. The first kappa shape index (κ1) is 10.8. The van der Waals surface area contributed by atoms with Gasteiger partial charge in [0.15, 0.2) is 5.13 Å². The van der Waals surface area contributed by atoms with E-state index in [1.165, 1.54) is 0 Å². The first-order chi connectivity index (χ1) is 7.59. The first-order valence-electron chi connectivity index (χ1n) is 4.69. The van der Waals surface area contributed by atoms with Gasteiger partial charge in [0.25, 0.3) is 0 Å². The molecule has 1 saturated heterocycles. The van der Waals surface area contributed by atoms with Gasteiger partial charge in [0.2, 0.25) is 0 Å². The summed E-state index contributed by atoms with van der Waals surface area (Å²) in [4.78, 5) is 26.4. The van der Waals surface area contributed by atoms with Gasteiger partial charge in [-0.15, -0.1) is 0 Å². The van der Waals surface area contributed by atoms with Gasteiger partial charge in [0.05, 0.1) is 4.92 Å². The van der Waals surface area contributed by atoms with Crippen LogP contribution in [0, 0.1) is 10.1 Å². The highest BCUT2D eigenvalue weighted by molar-refractivity contribution is 7.18. The molecule has 1 aromatic rings. The molecule has 8 heteroatoms. The Bertz CT molecular complexity index is 433. The summed E-state index contributed by atoms with van der Waals surface area (Å²) < 4.78 is 0. The third-order valence-electron chi connectivity index (χ3n) is 2.44. The molecule has 1 aliphatic rings. The van der Waals surface area contributed by atoms with Crippen molar-refractivity contribution in [2.45, 2.75) is 18.9 Å². The molecule has 2 heterocycles. The van der Waals surface area contributed by atoms with Crippen molar-refractivity contribution in [2.24, 2.45) is 0 Å². The van der Waals surface area contributed by atoms with E-state index in [4.69, 9.17) is 5.11 Å². The third kappa shape index (κ3) is 1.83. The molecular formula is C8H9N3O4S. The quantitative estimate of drug-likeness (QED) is 0.630. The average Bonchev–Trinajstić information content (AvgIpc) is 2.86. The van der Waals surface area contributed by atoms with Crippen LogP contribution in [0.5, 0.6) is 0 Å². The lowest BCUT2D eigenvalue weighted by molar-refractivity contribution is -0.380. The van der Waals surface area contributed by atoms with Crippen LogP contribution < -0.4 is 4.90 Å². The van der Waals surface area contributed by atoms with E-state index < -0.39 is 16.9 Å². The predicted molar refractivity (Wildman–Crippen MR) is 56.8 cm³/mol. The number of carboxylic acids is 1. The van der Waals surface area contributed by atoms with Gasteiger partial charge < -0.3 is 10.0 Å². The molecule has 86 valence electrons. The molecule has 0 amide bonds. The number of anilines is 1. The van der Waals surface area contributed by atoms with Gasteiger partial charge in [-0.1, -0.05) is 0 Å². The summed E-state index contributed by atoms with van der Waals surface area (Å²) in [7, 11) is 0. The minimum absolute atomic E-state index is 0.0639. The molecule has 1 N–H and O–H groups in total. The summed E-state index contributed by atoms with van der Waals surface area (Å²) in [5, 5.41) is 19.8. The smallest absolute Gasteiger partial charge is 0.345 e. The Morgan fingerprint density at radius 2 is 2.50 bits per heavy atom. The van der Waals surface area contributed by atoms with E-state index in [1.54, 1.807) is 4.90 Å². The fraction of sp³-hybridized carbons (Fsp3) is 0.500. The lowest BCUT2D eigenvalue weighted by atomic mass is 10.2. The van der Waals surface area contributed by atoms with Crippen LogP contribution in [0.1, 0.15) is 12.8 Å². The van der Waals surface area contributed by atoms with Crippen LogP contribution in [-0.2, 0) is 4.79 Å². The number of hydrogen-bond donors (Lipinski definition) is 1. The number of nitro groups is 1. The molecular weight excluding hydrogens is 234 g/mol. The fourth-order valence-electron chi connectivity index (χ4n) is 1.73. The van der Waals surface area contributed by atoms with E-state index in [-0.39, 0.29) is 5.00 Å². The molecule has 1 fully saturated rings. The molecule has 16 heavy (non-hydrogen) atoms. The molecule has 1 atom stereocenters. The second kappa shape index (κ2) is 4.05. The van der Waals surface area contributed by atoms with Crippen molar-refractivity contribution in [2.75, 3.05) is 11.4 Å².